The predicted octanol–water partition coefficient (Wildman–Crippen LogP) is 3.95. The van der Waals surface area contributed by atoms with Gasteiger partial charge in [-0.25, -0.2) is 4.79 Å². The number of carbonyl (C=O) groups is 4. The van der Waals surface area contributed by atoms with Gasteiger partial charge in [0.15, 0.2) is 11.9 Å². The summed E-state index contributed by atoms with van der Waals surface area (Å²) < 4.78 is 21.9. The Morgan fingerprint density at radius 2 is 2.00 bits per heavy atom. The summed E-state index contributed by atoms with van der Waals surface area (Å²) >= 11 is 0. The lowest BCUT2D eigenvalue weighted by Gasteiger charge is -2.61. The molecule has 2 saturated carbocycles. The van der Waals surface area contributed by atoms with Crippen molar-refractivity contribution in [2.45, 2.75) is 65.6 Å². The molecule has 8 nitrogen and oxygen atoms in total. The number of ether oxygens (including phenoxy) is 3. The van der Waals surface area contributed by atoms with Crippen LogP contribution in [0.4, 0.5) is 0 Å². The third kappa shape index (κ3) is 4.07. The Bertz CT molecular complexity index is 994. The number of hydrogen-bond acceptors (Lipinski definition) is 8. The molecule has 0 aromatic carbocycles. The first-order chi connectivity index (χ1) is 16.1. The zero-order valence-electron chi connectivity index (χ0n) is 20.1. The van der Waals surface area contributed by atoms with Crippen molar-refractivity contribution in [3.05, 3.63) is 36.3 Å². The van der Waals surface area contributed by atoms with Gasteiger partial charge in [-0.1, -0.05) is 19.9 Å². The van der Waals surface area contributed by atoms with Crippen molar-refractivity contribution >= 4 is 23.7 Å². The van der Waals surface area contributed by atoms with Gasteiger partial charge in [0.05, 0.1) is 25.1 Å². The van der Waals surface area contributed by atoms with Gasteiger partial charge >= 0.3 is 17.9 Å². The summed E-state index contributed by atoms with van der Waals surface area (Å²) in [6.07, 6.45) is 6.48. The van der Waals surface area contributed by atoms with Crippen LogP contribution >= 0.6 is 0 Å². The third-order valence-corrected chi connectivity index (χ3v) is 8.24. The van der Waals surface area contributed by atoms with E-state index in [9.17, 15) is 19.2 Å². The lowest BCUT2D eigenvalue weighted by Crippen LogP contribution is -2.64. The van der Waals surface area contributed by atoms with Crippen molar-refractivity contribution < 1.29 is 37.8 Å². The predicted molar refractivity (Wildman–Crippen MR) is 119 cm³/mol. The Hall–Kier alpha value is -2.90. The van der Waals surface area contributed by atoms with Crippen LogP contribution in [0.25, 0.3) is 0 Å². The van der Waals surface area contributed by atoms with Crippen LogP contribution in [0, 0.1) is 28.6 Å². The second-order valence-electron chi connectivity index (χ2n) is 10.3. The Morgan fingerprint density at radius 1 is 1.24 bits per heavy atom. The van der Waals surface area contributed by atoms with Crippen LogP contribution in [0.3, 0.4) is 0 Å². The van der Waals surface area contributed by atoms with Gasteiger partial charge in [0.25, 0.3) is 0 Å². The number of cyclic esters (lactones) is 1. The molecule has 0 spiro atoms. The molecule has 8 heteroatoms. The van der Waals surface area contributed by atoms with E-state index in [1.54, 1.807) is 25.3 Å². The monoisotopic (exact) mass is 472 g/mol. The quantitative estimate of drug-likeness (QED) is 0.360. The fourth-order valence-electron chi connectivity index (χ4n) is 6.69. The summed E-state index contributed by atoms with van der Waals surface area (Å²) in [5, 5.41) is 0. The fourth-order valence-corrected chi connectivity index (χ4v) is 6.69. The molecule has 4 rings (SSSR count). The third-order valence-electron chi connectivity index (χ3n) is 8.24. The van der Waals surface area contributed by atoms with Gasteiger partial charge in [-0.2, -0.15) is 0 Å². The van der Waals surface area contributed by atoms with Gasteiger partial charge in [-0.15, -0.1) is 0 Å². The molecule has 1 aliphatic heterocycles. The second-order valence-corrected chi connectivity index (χ2v) is 10.3. The SMILES string of the molecule is C/C=C/C(=O)OC[C@@H]1C[C@H](OC(C)=O)C(=O)[C@H]2[C@@]1(C)CC[C@H]1C(=O)O[C@H](c3ccoc3)C[C@]21C. The first-order valence-corrected chi connectivity index (χ1v) is 11.8. The summed E-state index contributed by atoms with van der Waals surface area (Å²) in [4.78, 5) is 50.9. The van der Waals surface area contributed by atoms with Gasteiger partial charge in [0.1, 0.15) is 6.10 Å². The molecule has 0 bridgehead atoms. The summed E-state index contributed by atoms with van der Waals surface area (Å²) in [6.45, 7) is 7.14. The molecule has 34 heavy (non-hydrogen) atoms. The number of allylic oxidation sites excluding steroid dienone is 1. The van der Waals surface area contributed by atoms with Crippen LogP contribution in [0.1, 0.15) is 65.0 Å². The molecule has 0 unspecified atom stereocenters. The van der Waals surface area contributed by atoms with E-state index in [0.717, 1.165) is 5.56 Å². The van der Waals surface area contributed by atoms with E-state index >= 15 is 0 Å². The Labute approximate surface area is 199 Å². The van der Waals surface area contributed by atoms with E-state index < -0.39 is 46.8 Å². The van der Waals surface area contributed by atoms with Crippen molar-refractivity contribution in [1.82, 2.24) is 0 Å². The standard InChI is InChI=1S/C26H32O8/c1-5-6-21(28)32-14-17-11-19(33-15(2)27)22(29)23-25(17,3)9-7-18-24(30)34-20(12-26(18,23)4)16-8-10-31-13-16/h5-6,8,10,13,17-20,23H,7,9,11-12,14H2,1-4H3/b6-5+/t17-,18-,19-,20-,23-,25-,26-/m0/s1. The second kappa shape index (κ2) is 9.04. The van der Waals surface area contributed by atoms with Crippen molar-refractivity contribution in [1.29, 1.82) is 0 Å². The molecule has 7 atom stereocenters. The summed E-state index contributed by atoms with van der Waals surface area (Å²) in [5.41, 5.74) is -0.503. The zero-order chi connectivity index (χ0) is 24.7. The van der Waals surface area contributed by atoms with Gasteiger partial charge in [-0.05, 0) is 49.5 Å². The van der Waals surface area contributed by atoms with Gasteiger partial charge in [0, 0.05) is 30.4 Å². The molecule has 0 N–H and O–H groups in total. The average Bonchev–Trinajstić information content (AvgIpc) is 3.29. The molecule has 1 aromatic rings. The highest BCUT2D eigenvalue weighted by Crippen LogP contribution is 2.65. The van der Waals surface area contributed by atoms with Crippen LogP contribution in [0.15, 0.2) is 35.2 Å². The van der Waals surface area contributed by atoms with E-state index in [2.05, 4.69) is 0 Å². The molecule has 2 aliphatic carbocycles. The lowest BCUT2D eigenvalue weighted by molar-refractivity contribution is -0.210. The molecular weight excluding hydrogens is 440 g/mol. The maximum atomic E-state index is 13.9. The zero-order valence-corrected chi connectivity index (χ0v) is 20.1. The highest BCUT2D eigenvalue weighted by atomic mass is 16.6. The molecule has 0 amide bonds. The summed E-state index contributed by atoms with van der Waals surface area (Å²) in [7, 11) is 0. The van der Waals surface area contributed by atoms with Crippen molar-refractivity contribution in [3.63, 3.8) is 0 Å². The van der Waals surface area contributed by atoms with Crippen molar-refractivity contribution in [3.8, 4) is 0 Å². The smallest absolute Gasteiger partial charge is 0.330 e. The van der Waals surface area contributed by atoms with Crippen LogP contribution in [-0.4, -0.2) is 36.4 Å². The number of carbonyl (C=O) groups excluding carboxylic acids is 4. The molecular formula is C26H32O8. The molecule has 2 heterocycles. The number of Topliss-reactive ketones (excluding diaryl/α,β-unsaturated/α-hetero) is 1. The average molecular weight is 473 g/mol. The van der Waals surface area contributed by atoms with Crippen LogP contribution in [-0.2, 0) is 33.4 Å². The first kappa shape index (κ1) is 24.2. The molecule has 1 saturated heterocycles. The molecule has 0 radical (unpaired) electrons. The maximum absolute atomic E-state index is 13.9. The number of ketones is 1. The van der Waals surface area contributed by atoms with Gasteiger partial charge in [0.2, 0.25) is 0 Å². The number of furan rings is 1. The number of rotatable bonds is 5. The summed E-state index contributed by atoms with van der Waals surface area (Å²) in [5.74, 6) is -2.70. The van der Waals surface area contributed by atoms with E-state index in [0.29, 0.717) is 19.3 Å². The Kier molecular flexibility index (Phi) is 6.44. The number of fused-ring (bicyclic) bond motifs is 3. The Balaban J connectivity index is 1.72. The van der Waals surface area contributed by atoms with Gasteiger partial charge in [-0.3, -0.25) is 14.4 Å². The van der Waals surface area contributed by atoms with Crippen LogP contribution in [0.2, 0.25) is 0 Å². The summed E-state index contributed by atoms with van der Waals surface area (Å²) in [6, 6.07) is 1.76. The molecule has 1 aromatic heterocycles. The number of esters is 3. The molecule has 3 aliphatic rings. The molecule has 3 fully saturated rings. The highest BCUT2D eigenvalue weighted by molar-refractivity contribution is 5.91. The Morgan fingerprint density at radius 3 is 2.65 bits per heavy atom. The maximum Gasteiger partial charge on any atom is 0.330 e. The highest BCUT2D eigenvalue weighted by Gasteiger charge is 2.66. The van der Waals surface area contributed by atoms with Gasteiger partial charge < -0.3 is 18.6 Å². The van der Waals surface area contributed by atoms with E-state index in [-0.39, 0.29) is 30.7 Å². The minimum Gasteiger partial charge on any atom is -0.472 e. The van der Waals surface area contributed by atoms with Crippen molar-refractivity contribution in [2.75, 3.05) is 6.61 Å². The fraction of sp³-hybridized carbons (Fsp3) is 0.615. The van der Waals surface area contributed by atoms with E-state index in [1.807, 2.05) is 13.8 Å². The largest absolute Gasteiger partial charge is 0.472 e. The van der Waals surface area contributed by atoms with E-state index in [1.165, 1.54) is 19.3 Å². The van der Waals surface area contributed by atoms with Crippen molar-refractivity contribution in [2.24, 2.45) is 28.6 Å². The minimum absolute atomic E-state index is 0.109. The van der Waals surface area contributed by atoms with Crippen LogP contribution in [0.5, 0.6) is 0 Å². The number of hydrogen-bond donors (Lipinski definition) is 0. The first-order valence-electron chi connectivity index (χ1n) is 11.8. The minimum atomic E-state index is -0.943. The molecule has 184 valence electrons. The lowest BCUT2D eigenvalue weighted by atomic mass is 9.43. The normalized spacial score (nSPS) is 37.5. The van der Waals surface area contributed by atoms with Crippen LogP contribution < -0.4 is 0 Å². The topological polar surface area (TPSA) is 109 Å². The van der Waals surface area contributed by atoms with E-state index in [4.69, 9.17) is 18.6 Å².